The van der Waals surface area contributed by atoms with Gasteiger partial charge in [0.25, 0.3) is 0 Å². The van der Waals surface area contributed by atoms with Crippen LogP contribution in [0.1, 0.15) is 43.1 Å². The van der Waals surface area contributed by atoms with E-state index in [0.29, 0.717) is 12.5 Å². The van der Waals surface area contributed by atoms with Gasteiger partial charge in [-0.1, -0.05) is 0 Å². The molecule has 3 rings (SSSR count). The zero-order valence-corrected chi connectivity index (χ0v) is 11.1. The minimum absolute atomic E-state index is 0.113. The Labute approximate surface area is 109 Å². The molecule has 1 aliphatic carbocycles. The van der Waals surface area contributed by atoms with Crippen molar-refractivity contribution in [3.05, 3.63) is 23.8 Å². The zero-order valence-electron chi connectivity index (χ0n) is 11.1. The van der Waals surface area contributed by atoms with E-state index in [4.69, 9.17) is 10.7 Å². The third kappa shape index (κ3) is 2.15. The molecule has 0 aromatic carbocycles. The average Bonchev–Trinajstić information content (AvgIpc) is 3.21. The van der Waals surface area contributed by atoms with Crippen LogP contribution in [-0.2, 0) is 5.41 Å². The first kappa shape index (κ1) is 12.1. The summed E-state index contributed by atoms with van der Waals surface area (Å²) in [6, 6.07) is 2.09. The van der Waals surface area contributed by atoms with Crippen LogP contribution in [0, 0.1) is 0 Å². The summed E-state index contributed by atoms with van der Waals surface area (Å²) in [5, 5.41) is 0. The molecule has 4 nitrogen and oxygen atoms in total. The molecule has 98 valence electrons. The summed E-state index contributed by atoms with van der Waals surface area (Å²) in [6.45, 7) is 3.03. The maximum Gasteiger partial charge on any atom is 0.135 e. The Kier molecular flexibility index (Phi) is 3.08. The van der Waals surface area contributed by atoms with Gasteiger partial charge in [-0.25, -0.2) is 9.97 Å². The summed E-state index contributed by atoms with van der Waals surface area (Å²) in [5.74, 6) is 1.60. The van der Waals surface area contributed by atoms with Crippen molar-refractivity contribution in [2.45, 2.75) is 37.0 Å². The van der Waals surface area contributed by atoms with Gasteiger partial charge in [-0.15, -0.1) is 0 Å². The lowest BCUT2D eigenvalue weighted by Crippen LogP contribution is -2.30. The molecule has 4 heteroatoms. The number of nitrogens with zero attached hydrogens (tertiary/aromatic N) is 3. The van der Waals surface area contributed by atoms with Gasteiger partial charge in [0.2, 0.25) is 0 Å². The molecule has 1 saturated heterocycles. The van der Waals surface area contributed by atoms with E-state index in [9.17, 15) is 0 Å². The number of aromatic nitrogens is 2. The van der Waals surface area contributed by atoms with Crippen LogP contribution < -0.4 is 5.73 Å². The van der Waals surface area contributed by atoms with E-state index in [1.165, 1.54) is 31.6 Å². The van der Waals surface area contributed by atoms with Crippen molar-refractivity contribution in [3.63, 3.8) is 0 Å². The molecule has 1 aromatic rings. The van der Waals surface area contributed by atoms with Crippen LogP contribution in [0.2, 0.25) is 0 Å². The van der Waals surface area contributed by atoms with Crippen molar-refractivity contribution in [1.29, 1.82) is 0 Å². The Morgan fingerprint density at radius 1 is 1.39 bits per heavy atom. The average molecular weight is 246 g/mol. The fourth-order valence-electron chi connectivity index (χ4n) is 2.83. The van der Waals surface area contributed by atoms with Gasteiger partial charge >= 0.3 is 0 Å². The van der Waals surface area contributed by atoms with Gasteiger partial charge in [0.1, 0.15) is 5.82 Å². The molecule has 0 amide bonds. The predicted molar refractivity (Wildman–Crippen MR) is 71.5 cm³/mol. The number of rotatable bonds is 3. The molecule has 2 fully saturated rings. The van der Waals surface area contributed by atoms with E-state index >= 15 is 0 Å². The lowest BCUT2D eigenvalue weighted by atomic mass is 9.93. The number of piperidine rings is 1. The molecule has 0 bridgehead atoms. The van der Waals surface area contributed by atoms with Gasteiger partial charge in [-0.05, 0) is 51.9 Å². The van der Waals surface area contributed by atoms with Crippen LogP contribution in [0.3, 0.4) is 0 Å². The molecule has 0 atom stereocenters. The molecule has 1 aliphatic heterocycles. The number of nitrogens with two attached hydrogens (primary N) is 1. The van der Waals surface area contributed by atoms with Crippen LogP contribution in [0.15, 0.2) is 12.3 Å². The first-order valence-corrected chi connectivity index (χ1v) is 6.95. The second-order valence-corrected chi connectivity index (χ2v) is 5.87. The normalized spacial score (nSPS) is 24.1. The molecule has 1 aromatic heterocycles. The van der Waals surface area contributed by atoms with Crippen molar-refractivity contribution in [1.82, 2.24) is 14.9 Å². The Bertz CT molecular complexity index is 420. The number of hydrogen-bond donors (Lipinski definition) is 1. The molecule has 0 spiro atoms. The highest BCUT2D eigenvalue weighted by Gasteiger charge is 2.45. The third-order valence-electron chi connectivity index (χ3n) is 4.53. The van der Waals surface area contributed by atoms with Gasteiger partial charge < -0.3 is 10.6 Å². The number of likely N-dealkylation sites (tertiary alicyclic amines) is 1. The highest BCUT2D eigenvalue weighted by atomic mass is 15.1. The van der Waals surface area contributed by atoms with Crippen molar-refractivity contribution in [2.24, 2.45) is 5.73 Å². The summed E-state index contributed by atoms with van der Waals surface area (Å²) < 4.78 is 0. The maximum absolute atomic E-state index is 5.86. The first-order valence-electron chi connectivity index (χ1n) is 6.95. The minimum Gasteiger partial charge on any atom is -0.329 e. The van der Waals surface area contributed by atoms with Crippen molar-refractivity contribution in [3.8, 4) is 0 Å². The highest BCUT2D eigenvalue weighted by Crippen LogP contribution is 2.45. The molecular formula is C14H22N4. The van der Waals surface area contributed by atoms with Crippen molar-refractivity contribution < 1.29 is 0 Å². The largest absolute Gasteiger partial charge is 0.329 e. The third-order valence-corrected chi connectivity index (χ3v) is 4.53. The van der Waals surface area contributed by atoms with E-state index in [2.05, 4.69) is 23.0 Å². The van der Waals surface area contributed by atoms with Crippen LogP contribution in [-0.4, -0.2) is 41.5 Å². The van der Waals surface area contributed by atoms with Crippen molar-refractivity contribution >= 4 is 0 Å². The predicted octanol–water partition coefficient (Wildman–Crippen LogP) is 1.28. The van der Waals surface area contributed by atoms with E-state index in [0.717, 1.165) is 18.7 Å². The summed E-state index contributed by atoms with van der Waals surface area (Å²) in [6.07, 6.45) is 6.65. The molecular weight excluding hydrogens is 224 g/mol. The first-order chi connectivity index (χ1) is 8.73. The summed E-state index contributed by atoms with van der Waals surface area (Å²) in [5.41, 5.74) is 7.20. The molecule has 0 unspecified atom stereocenters. The van der Waals surface area contributed by atoms with E-state index in [1.54, 1.807) is 0 Å². The summed E-state index contributed by atoms with van der Waals surface area (Å²) in [4.78, 5) is 11.7. The lowest BCUT2D eigenvalue weighted by Gasteiger charge is -2.28. The Balaban J connectivity index is 1.79. The second kappa shape index (κ2) is 4.59. The topological polar surface area (TPSA) is 55.0 Å². The fourth-order valence-corrected chi connectivity index (χ4v) is 2.83. The maximum atomic E-state index is 5.86. The fraction of sp³-hybridized carbons (Fsp3) is 0.714. The van der Waals surface area contributed by atoms with Gasteiger partial charge in [0, 0.05) is 29.8 Å². The quantitative estimate of drug-likeness (QED) is 0.873. The van der Waals surface area contributed by atoms with Crippen LogP contribution in [0.4, 0.5) is 0 Å². The lowest BCUT2D eigenvalue weighted by molar-refractivity contribution is 0.253. The van der Waals surface area contributed by atoms with E-state index < -0.39 is 0 Å². The van der Waals surface area contributed by atoms with Crippen LogP contribution in [0.25, 0.3) is 0 Å². The van der Waals surface area contributed by atoms with E-state index in [1.807, 2.05) is 6.20 Å². The monoisotopic (exact) mass is 246 g/mol. The minimum atomic E-state index is 0.113. The van der Waals surface area contributed by atoms with Gasteiger partial charge in [-0.3, -0.25) is 0 Å². The summed E-state index contributed by atoms with van der Waals surface area (Å²) >= 11 is 0. The smallest absolute Gasteiger partial charge is 0.135 e. The second-order valence-electron chi connectivity index (χ2n) is 5.87. The highest BCUT2D eigenvalue weighted by molar-refractivity contribution is 5.21. The summed E-state index contributed by atoms with van der Waals surface area (Å²) in [7, 11) is 2.19. The van der Waals surface area contributed by atoms with Crippen LogP contribution >= 0.6 is 0 Å². The van der Waals surface area contributed by atoms with Crippen molar-refractivity contribution in [2.75, 3.05) is 26.7 Å². The standard InChI is InChI=1S/C14H22N4/c1-18-8-3-11(4-9-18)12-2-7-16-13(17-12)14(10-15)5-6-14/h2,7,11H,3-6,8-10,15H2,1H3. The zero-order chi connectivity index (χ0) is 12.6. The number of hydrogen-bond acceptors (Lipinski definition) is 4. The molecule has 0 radical (unpaired) electrons. The Morgan fingerprint density at radius 3 is 2.72 bits per heavy atom. The van der Waals surface area contributed by atoms with Crippen LogP contribution in [0.5, 0.6) is 0 Å². The molecule has 2 heterocycles. The Hall–Kier alpha value is -1.00. The van der Waals surface area contributed by atoms with Gasteiger partial charge in [-0.2, -0.15) is 0 Å². The SMILES string of the molecule is CN1CCC(c2ccnc(C3(CN)CC3)n2)CC1. The molecule has 2 aliphatic rings. The molecule has 18 heavy (non-hydrogen) atoms. The van der Waals surface area contributed by atoms with E-state index in [-0.39, 0.29) is 5.41 Å². The van der Waals surface area contributed by atoms with Gasteiger partial charge in [0.15, 0.2) is 0 Å². The molecule has 2 N–H and O–H groups in total. The Morgan fingerprint density at radius 2 is 2.11 bits per heavy atom. The van der Waals surface area contributed by atoms with Gasteiger partial charge in [0.05, 0.1) is 0 Å². The molecule has 1 saturated carbocycles.